The van der Waals surface area contributed by atoms with Gasteiger partial charge in [-0.25, -0.2) is 9.18 Å². The zero-order chi connectivity index (χ0) is 17.7. The van der Waals surface area contributed by atoms with Crippen molar-refractivity contribution >= 4 is 34.5 Å². The molecule has 4 nitrogen and oxygen atoms in total. The summed E-state index contributed by atoms with van der Waals surface area (Å²) >= 11 is 2.14. The van der Waals surface area contributed by atoms with Crippen LogP contribution in [0, 0.1) is 9.39 Å². The highest BCUT2D eigenvalue weighted by atomic mass is 127. The molecule has 1 amide bonds. The van der Waals surface area contributed by atoms with E-state index in [-0.39, 0.29) is 18.3 Å². The minimum atomic E-state index is -0.921. The SMILES string of the molecule is CC(OC(=O)c1ccc(I)cc1)C(=O)N(C)Cc1cccc(F)c1. The molecule has 1 atom stereocenters. The maximum Gasteiger partial charge on any atom is 0.338 e. The lowest BCUT2D eigenvalue weighted by Crippen LogP contribution is -2.37. The molecule has 0 radical (unpaired) electrons. The first-order valence-corrected chi connectivity index (χ1v) is 8.40. The molecular weight excluding hydrogens is 424 g/mol. The van der Waals surface area contributed by atoms with Crippen molar-refractivity contribution in [2.45, 2.75) is 19.6 Å². The van der Waals surface area contributed by atoms with Crippen molar-refractivity contribution < 1.29 is 18.7 Å². The molecule has 0 bridgehead atoms. The number of rotatable bonds is 5. The molecule has 24 heavy (non-hydrogen) atoms. The highest BCUT2D eigenvalue weighted by molar-refractivity contribution is 14.1. The van der Waals surface area contributed by atoms with E-state index in [0.717, 1.165) is 3.57 Å². The molecule has 0 saturated heterocycles. The highest BCUT2D eigenvalue weighted by Crippen LogP contribution is 2.11. The van der Waals surface area contributed by atoms with E-state index in [9.17, 15) is 14.0 Å². The molecule has 0 aliphatic carbocycles. The van der Waals surface area contributed by atoms with E-state index >= 15 is 0 Å². The van der Waals surface area contributed by atoms with Gasteiger partial charge in [-0.15, -0.1) is 0 Å². The summed E-state index contributed by atoms with van der Waals surface area (Å²) in [4.78, 5) is 25.8. The summed E-state index contributed by atoms with van der Waals surface area (Å²) in [5, 5.41) is 0. The first-order valence-electron chi connectivity index (χ1n) is 7.33. The second-order valence-corrected chi connectivity index (χ2v) is 6.62. The van der Waals surface area contributed by atoms with Gasteiger partial charge in [0.15, 0.2) is 6.10 Å². The van der Waals surface area contributed by atoms with Crippen LogP contribution in [0.15, 0.2) is 48.5 Å². The maximum absolute atomic E-state index is 13.2. The molecule has 0 aliphatic rings. The Balaban J connectivity index is 1.95. The molecule has 0 N–H and O–H groups in total. The van der Waals surface area contributed by atoms with Gasteiger partial charge in [-0.3, -0.25) is 4.79 Å². The van der Waals surface area contributed by atoms with Crippen LogP contribution in [-0.2, 0) is 16.1 Å². The van der Waals surface area contributed by atoms with Gasteiger partial charge in [-0.1, -0.05) is 12.1 Å². The predicted molar refractivity (Wildman–Crippen MR) is 96.9 cm³/mol. The monoisotopic (exact) mass is 441 g/mol. The lowest BCUT2D eigenvalue weighted by molar-refractivity contribution is -0.139. The van der Waals surface area contributed by atoms with Crippen LogP contribution in [0.4, 0.5) is 4.39 Å². The number of halogens is 2. The van der Waals surface area contributed by atoms with Gasteiger partial charge in [0.2, 0.25) is 0 Å². The average molecular weight is 441 g/mol. The lowest BCUT2D eigenvalue weighted by atomic mass is 10.2. The van der Waals surface area contributed by atoms with E-state index in [1.54, 1.807) is 43.4 Å². The predicted octanol–water partition coefficient (Wildman–Crippen LogP) is 3.63. The summed E-state index contributed by atoms with van der Waals surface area (Å²) in [6.07, 6.45) is -0.921. The lowest BCUT2D eigenvalue weighted by Gasteiger charge is -2.21. The Morgan fingerprint density at radius 3 is 2.50 bits per heavy atom. The van der Waals surface area contributed by atoms with Crippen LogP contribution in [0.5, 0.6) is 0 Å². The number of hydrogen-bond acceptors (Lipinski definition) is 3. The summed E-state index contributed by atoms with van der Waals surface area (Å²) in [7, 11) is 1.59. The molecule has 2 rings (SSSR count). The second-order valence-electron chi connectivity index (χ2n) is 5.38. The van der Waals surface area contributed by atoms with Crippen LogP contribution in [0.3, 0.4) is 0 Å². The Kier molecular flexibility index (Phi) is 6.30. The van der Waals surface area contributed by atoms with Crippen LogP contribution in [-0.4, -0.2) is 29.9 Å². The zero-order valence-corrected chi connectivity index (χ0v) is 15.5. The molecule has 0 aliphatic heterocycles. The average Bonchev–Trinajstić information content (AvgIpc) is 2.54. The summed E-state index contributed by atoms with van der Waals surface area (Å²) in [5.74, 6) is -1.25. The number of amides is 1. The molecule has 126 valence electrons. The van der Waals surface area contributed by atoms with Crippen LogP contribution >= 0.6 is 22.6 Å². The number of ether oxygens (including phenoxy) is 1. The van der Waals surface area contributed by atoms with Crippen LogP contribution in [0.1, 0.15) is 22.8 Å². The smallest absolute Gasteiger partial charge is 0.338 e. The topological polar surface area (TPSA) is 46.6 Å². The van der Waals surface area contributed by atoms with Crippen molar-refractivity contribution in [2.24, 2.45) is 0 Å². The van der Waals surface area contributed by atoms with Gasteiger partial charge in [0.05, 0.1) is 5.56 Å². The molecule has 0 saturated carbocycles. The van der Waals surface area contributed by atoms with Crippen molar-refractivity contribution in [2.75, 3.05) is 7.05 Å². The zero-order valence-electron chi connectivity index (χ0n) is 13.3. The molecular formula is C18H17FINO3. The van der Waals surface area contributed by atoms with Crippen molar-refractivity contribution in [1.29, 1.82) is 0 Å². The molecule has 1 unspecified atom stereocenters. The Morgan fingerprint density at radius 2 is 1.88 bits per heavy atom. The standard InChI is InChI=1S/C18H17FINO3/c1-12(24-18(23)14-6-8-16(20)9-7-14)17(22)21(2)11-13-4-3-5-15(19)10-13/h3-10,12H,11H2,1-2H3. The summed E-state index contributed by atoms with van der Waals surface area (Å²) in [6.45, 7) is 1.76. The molecule has 2 aromatic carbocycles. The van der Waals surface area contributed by atoms with Crippen LogP contribution in [0.2, 0.25) is 0 Å². The maximum atomic E-state index is 13.2. The van der Waals surface area contributed by atoms with Gasteiger partial charge in [0.1, 0.15) is 5.82 Å². The number of carbonyl (C=O) groups excluding carboxylic acids is 2. The number of benzene rings is 2. The van der Waals surface area contributed by atoms with E-state index < -0.39 is 12.1 Å². The van der Waals surface area contributed by atoms with E-state index in [4.69, 9.17) is 4.74 Å². The van der Waals surface area contributed by atoms with Gasteiger partial charge < -0.3 is 9.64 Å². The summed E-state index contributed by atoms with van der Waals surface area (Å²) in [6, 6.07) is 12.9. The number of carbonyl (C=O) groups is 2. The first kappa shape index (κ1) is 18.4. The van der Waals surface area contributed by atoms with E-state index in [2.05, 4.69) is 22.6 Å². The van der Waals surface area contributed by atoms with E-state index in [1.165, 1.54) is 24.0 Å². The minimum Gasteiger partial charge on any atom is -0.449 e. The van der Waals surface area contributed by atoms with Crippen LogP contribution < -0.4 is 0 Å². The van der Waals surface area contributed by atoms with Crippen molar-refractivity contribution in [1.82, 2.24) is 4.90 Å². The Hall–Kier alpha value is -1.96. The molecule has 2 aromatic rings. The normalized spacial score (nSPS) is 11.7. The fourth-order valence-corrected chi connectivity index (χ4v) is 2.52. The Morgan fingerprint density at radius 1 is 1.21 bits per heavy atom. The Bertz CT molecular complexity index is 733. The number of hydrogen-bond donors (Lipinski definition) is 0. The molecule has 0 fully saturated rings. The number of nitrogens with zero attached hydrogens (tertiary/aromatic N) is 1. The molecule has 0 heterocycles. The van der Waals surface area contributed by atoms with Crippen LogP contribution in [0.25, 0.3) is 0 Å². The third kappa shape index (κ3) is 5.02. The van der Waals surface area contributed by atoms with Gasteiger partial charge in [-0.05, 0) is 71.5 Å². The second kappa shape index (κ2) is 8.23. The van der Waals surface area contributed by atoms with Crippen molar-refractivity contribution in [3.8, 4) is 0 Å². The van der Waals surface area contributed by atoms with E-state index in [0.29, 0.717) is 11.1 Å². The largest absolute Gasteiger partial charge is 0.449 e. The van der Waals surface area contributed by atoms with Crippen molar-refractivity contribution in [3.63, 3.8) is 0 Å². The Labute approximate surface area is 153 Å². The van der Waals surface area contributed by atoms with Gasteiger partial charge in [0, 0.05) is 17.2 Å². The highest BCUT2D eigenvalue weighted by Gasteiger charge is 2.22. The number of likely N-dealkylation sites (N-methyl/N-ethyl adjacent to an activating group) is 1. The molecule has 0 spiro atoms. The van der Waals surface area contributed by atoms with Gasteiger partial charge in [-0.2, -0.15) is 0 Å². The number of esters is 1. The third-order valence-electron chi connectivity index (χ3n) is 3.40. The molecule has 0 aromatic heterocycles. The fraction of sp³-hybridized carbons (Fsp3) is 0.222. The van der Waals surface area contributed by atoms with Gasteiger partial charge in [0.25, 0.3) is 5.91 Å². The fourth-order valence-electron chi connectivity index (χ4n) is 2.16. The van der Waals surface area contributed by atoms with Gasteiger partial charge >= 0.3 is 5.97 Å². The van der Waals surface area contributed by atoms with E-state index in [1.807, 2.05) is 0 Å². The first-order chi connectivity index (χ1) is 11.4. The molecule has 6 heteroatoms. The minimum absolute atomic E-state index is 0.238. The quantitative estimate of drug-likeness (QED) is 0.526. The van der Waals surface area contributed by atoms with Crippen molar-refractivity contribution in [3.05, 3.63) is 69.0 Å². The summed E-state index contributed by atoms with van der Waals surface area (Å²) < 4.78 is 19.4. The third-order valence-corrected chi connectivity index (χ3v) is 4.12. The summed E-state index contributed by atoms with van der Waals surface area (Å²) in [5.41, 5.74) is 1.06.